The molecule has 0 spiro atoms. The van der Waals surface area contributed by atoms with Crippen LogP contribution in [0.4, 0.5) is 5.69 Å². The highest BCUT2D eigenvalue weighted by atomic mass is 79.9. The number of nitro benzene ring substituents is 1. The van der Waals surface area contributed by atoms with E-state index in [0.717, 1.165) is 42.8 Å². The van der Waals surface area contributed by atoms with Crippen LogP contribution in [0.3, 0.4) is 0 Å². The van der Waals surface area contributed by atoms with Gasteiger partial charge in [-0.15, -0.1) is 0 Å². The number of fused-ring (bicyclic) bond motifs is 1. The number of hydrogen-bond acceptors (Lipinski definition) is 8. The minimum Gasteiger partial charge on any atom is -0.493 e. The number of ether oxygens (including phenoxy) is 3. The van der Waals surface area contributed by atoms with Gasteiger partial charge in [0.25, 0.3) is 5.69 Å². The number of benzene rings is 2. The van der Waals surface area contributed by atoms with Crippen LogP contribution in [0.1, 0.15) is 37.0 Å². The van der Waals surface area contributed by atoms with Gasteiger partial charge in [0.15, 0.2) is 11.5 Å². The number of nitro groups is 1. The third-order valence-electron chi connectivity index (χ3n) is 6.20. The Hall–Kier alpha value is -3.11. The molecule has 0 heterocycles. The lowest BCUT2D eigenvalue weighted by molar-refractivity contribution is -0.384. The van der Waals surface area contributed by atoms with E-state index in [9.17, 15) is 10.1 Å². The highest BCUT2D eigenvalue weighted by Crippen LogP contribution is 2.45. The van der Waals surface area contributed by atoms with Crippen molar-refractivity contribution in [3.05, 3.63) is 61.1 Å². The van der Waals surface area contributed by atoms with Gasteiger partial charge in [-0.3, -0.25) is 10.1 Å². The number of methoxy groups -OCH3 is 3. The molecule has 0 aromatic heterocycles. The second-order valence-electron chi connectivity index (χ2n) is 8.12. The van der Waals surface area contributed by atoms with Crippen LogP contribution < -0.4 is 14.2 Å². The van der Waals surface area contributed by atoms with Gasteiger partial charge in [-0.05, 0) is 70.7 Å². The Bertz CT molecular complexity index is 1160. The van der Waals surface area contributed by atoms with Crippen LogP contribution in [0.5, 0.6) is 17.2 Å². The lowest BCUT2D eigenvalue weighted by Crippen LogP contribution is -2.26. The van der Waals surface area contributed by atoms with Crippen LogP contribution in [-0.2, 0) is 11.3 Å². The molecule has 1 aliphatic rings. The molecule has 0 amide bonds. The van der Waals surface area contributed by atoms with Crippen molar-refractivity contribution in [1.29, 1.82) is 0 Å². The molecular formula is C26H32BrN3O6. The molecule has 10 heteroatoms. The van der Waals surface area contributed by atoms with E-state index < -0.39 is 4.92 Å². The molecule has 0 radical (unpaired) electrons. The Morgan fingerprint density at radius 3 is 2.42 bits per heavy atom. The molecule has 2 aromatic rings. The first-order valence-electron chi connectivity index (χ1n) is 11.8. The minimum absolute atomic E-state index is 0.0137. The maximum Gasteiger partial charge on any atom is 0.270 e. The van der Waals surface area contributed by atoms with E-state index in [1.807, 2.05) is 12.1 Å². The molecule has 194 valence electrons. The number of likely N-dealkylation sites (N-methyl/N-ethyl adjacent to an activating group) is 1. The van der Waals surface area contributed by atoms with E-state index in [0.29, 0.717) is 46.0 Å². The third-order valence-corrected chi connectivity index (χ3v) is 7.02. The zero-order valence-electron chi connectivity index (χ0n) is 21.3. The van der Waals surface area contributed by atoms with Crippen molar-refractivity contribution in [3.63, 3.8) is 0 Å². The van der Waals surface area contributed by atoms with Gasteiger partial charge >= 0.3 is 0 Å². The molecule has 0 N–H and O–H groups in total. The summed E-state index contributed by atoms with van der Waals surface area (Å²) in [4.78, 5) is 19.1. The average molecular weight is 562 g/mol. The summed E-state index contributed by atoms with van der Waals surface area (Å²) in [5.74, 6) is 1.50. The van der Waals surface area contributed by atoms with Crippen molar-refractivity contribution in [3.8, 4) is 17.2 Å². The van der Waals surface area contributed by atoms with Gasteiger partial charge in [-0.1, -0.05) is 25.1 Å². The van der Waals surface area contributed by atoms with E-state index in [1.165, 1.54) is 6.07 Å². The van der Waals surface area contributed by atoms with Gasteiger partial charge in [0.1, 0.15) is 12.3 Å². The van der Waals surface area contributed by atoms with E-state index in [2.05, 4.69) is 39.8 Å². The van der Waals surface area contributed by atoms with Gasteiger partial charge in [-0.25, -0.2) is 0 Å². The van der Waals surface area contributed by atoms with Crippen molar-refractivity contribution >= 4 is 33.4 Å². The summed E-state index contributed by atoms with van der Waals surface area (Å²) in [6, 6.07) is 6.74. The highest BCUT2D eigenvalue weighted by Gasteiger charge is 2.25. The standard InChI is InChI=1S/C26H32BrN3O6/c1-6-29(7-2)12-13-36-28-24-18(9-8-17-10-11-20(30(31)32)16-21(17)24)14-19-15-22(33-3)25(34-4)26(35-5)23(19)27/h10-11,14-16H,6-9,12-13H2,1-5H3/b18-14+,28-24+. The largest absolute Gasteiger partial charge is 0.493 e. The molecule has 36 heavy (non-hydrogen) atoms. The fraction of sp³-hybridized carbons (Fsp3) is 0.423. The van der Waals surface area contributed by atoms with Gasteiger partial charge < -0.3 is 23.9 Å². The lowest BCUT2D eigenvalue weighted by atomic mass is 9.85. The first-order chi connectivity index (χ1) is 17.4. The monoisotopic (exact) mass is 561 g/mol. The summed E-state index contributed by atoms with van der Waals surface area (Å²) in [5, 5.41) is 16.0. The Morgan fingerprint density at radius 2 is 1.81 bits per heavy atom. The number of halogens is 1. The number of aryl methyl sites for hydroxylation is 1. The quantitative estimate of drug-likeness (QED) is 0.204. The smallest absolute Gasteiger partial charge is 0.270 e. The number of allylic oxidation sites excluding steroid dienone is 1. The molecule has 2 aromatic carbocycles. The molecule has 0 fully saturated rings. The molecule has 0 aliphatic heterocycles. The van der Waals surface area contributed by atoms with Crippen LogP contribution in [0, 0.1) is 10.1 Å². The SMILES string of the molecule is CCN(CC)CCO/N=C1\C(=C\c2cc(OC)c(OC)c(OC)c2Br)CCc2ccc([N+](=O)[O-])cc21. The van der Waals surface area contributed by atoms with Crippen LogP contribution in [0.15, 0.2) is 39.5 Å². The molecule has 9 nitrogen and oxygen atoms in total. The molecule has 0 unspecified atom stereocenters. The first kappa shape index (κ1) is 27.5. The number of non-ortho nitro benzene ring substituents is 1. The van der Waals surface area contributed by atoms with Crippen molar-refractivity contribution in [2.24, 2.45) is 5.16 Å². The van der Waals surface area contributed by atoms with E-state index in [4.69, 9.17) is 19.0 Å². The molecule has 0 saturated heterocycles. The van der Waals surface area contributed by atoms with Gasteiger partial charge in [-0.2, -0.15) is 0 Å². The lowest BCUT2D eigenvalue weighted by Gasteiger charge is -2.22. The fourth-order valence-electron chi connectivity index (χ4n) is 4.18. The molecule has 3 rings (SSSR count). The number of nitrogens with zero attached hydrogens (tertiary/aromatic N) is 3. The van der Waals surface area contributed by atoms with Crippen LogP contribution in [0.25, 0.3) is 6.08 Å². The summed E-state index contributed by atoms with van der Waals surface area (Å²) < 4.78 is 17.3. The molecular weight excluding hydrogens is 530 g/mol. The van der Waals surface area contributed by atoms with Crippen molar-refractivity contribution < 1.29 is 24.0 Å². The van der Waals surface area contributed by atoms with Gasteiger partial charge in [0.05, 0.1) is 30.7 Å². The van der Waals surface area contributed by atoms with Crippen molar-refractivity contribution in [1.82, 2.24) is 4.90 Å². The van der Waals surface area contributed by atoms with E-state index >= 15 is 0 Å². The van der Waals surface area contributed by atoms with Crippen molar-refractivity contribution in [2.45, 2.75) is 26.7 Å². The Balaban J connectivity index is 2.09. The molecule has 1 aliphatic carbocycles. The first-order valence-corrected chi connectivity index (χ1v) is 12.6. The Kier molecular flexibility index (Phi) is 9.72. The van der Waals surface area contributed by atoms with Crippen LogP contribution in [0.2, 0.25) is 0 Å². The number of rotatable bonds is 11. The molecule has 0 saturated carbocycles. The summed E-state index contributed by atoms with van der Waals surface area (Å²) in [5.41, 5.74) is 3.98. The predicted molar refractivity (Wildman–Crippen MR) is 143 cm³/mol. The molecule has 0 bridgehead atoms. The summed E-state index contributed by atoms with van der Waals surface area (Å²) >= 11 is 3.63. The second kappa shape index (κ2) is 12.7. The Morgan fingerprint density at radius 1 is 1.08 bits per heavy atom. The average Bonchev–Trinajstić information content (AvgIpc) is 2.89. The van der Waals surface area contributed by atoms with Crippen molar-refractivity contribution in [2.75, 3.05) is 47.6 Å². The normalized spacial score (nSPS) is 15.2. The maximum absolute atomic E-state index is 11.5. The summed E-state index contributed by atoms with van der Waals surface area (Å²) in [7, 11) is 4.68. The Labute approximate surface area is 219 Å². The second-order valence-corrected chi connectivity index (χ2v) is 8.91. The van der Waals surface area contributed by atoms with Gasteiger partial charge in [0.2, 0.25) is 5.75 Å². The predicted octanol–water partition coefficient (Wildman–Crippen LogP) is 5.48. The third kappa shape index (κ3) is 5.99. The molecule has 0 atom stereocenters. The fourth-order valence-corrected chi connectivity index (χ4v) is 4.75. The maximum atomic E-state index is 11.5. The topological polar surface area (TPSA) is 95.7 Å². The van der Waals surface area contributed by atoms with Crippen LogP contribution in [-0.4, -0.2) is 63.1 Å². The summed E-state index contributed by atoms with van der Waals surface area (Å²) in [6.07, 6.45) is 3.38. The number of hydrogen-bond donors (Lipinski definition) is 0. The summed E-state index contributed by atoms with van der Waals surface area (Å²) in [6.45, 7) is 7.20. The minimum atomic E-state index is -0.396. The van der Waals surface area contributed by atoms with E-state index in [1.54, 1.807) is 33.5 Å². The number of oxime groups is 1. The zero-order chi connectivity index (χ0) is 26.2. The zero-order valence-corrected chi connectivity index (χ0v) is 22.9. The van der Waals surface area contributed by atoms with Crippen LogP contribution >= 0.6 is 15.9 Å². The highest BCUT2D eigenvalue weighted by molar-refractivity contribution is 9.10. The van der Waals surface area contributed by atoms with E-state index in [-0.39, 0.29) is 5.69 Å². The van der Waals surface area contributed by atoms with Gasteiger partial charge in [0, 0.05) is 24.2 Å².